The molecule has 0 radical (unpaired) electrons. The van der Waals surface area contributed by atoms with E-state index in [2.05, 4.69) is 15.0 Å². The molecular formula is C9H10ClN3O. The SMILES string of the molecule is COCCc1nc(Cl)c2cc[nH]c2n1. The minimum absolute atomic E-state index is 0.488. The summed E-state index contributed by atoms with van der Waals surface area (Å²) >= 11 is 5.97. The van der Waals surface area contributed by atoms with E-state index in [0.717, 1.165) is 11.0 Å². The monoisotopic (exact) mass is 211 g/mol. The van der Waals surface area contributed by atoms with Gasteiger partial charge in [0.1, 0.15) is 16.6 Å². The van der Waals surface area contributed by atoms with Gasteiger partial charge in [-0.05, 0) is 6.07 Å². The minimum atomic E-state index is 0.488. The Morgan fingerprint density at radius 3 is 3.14 bits per heavy atom. The summed E-state index contributed by atoms with van der Waals surface area (Å²) < 4.78 is 4.95. The first-order valence-corrected chi connectivity index (χ1v) is 4.67. The predicted octanol–water partition coefficient (Wildman–Crippen LogP) is 1.80. The number of aromatic amines is 1. The molecule has 1 N–H and O–H groups in total. The molecular weight excluding hydrogens is 202 g/mol. The maximum Gasteiger partial charge on any atom is 0.142 e. The second kappa shape index (κ2) is 3.94. The molecule has 0 spiro atoms. The Balaban J connectivity index is 2.38. The number of H-pyrrole nitrogens is 1. The smallest absolute Gasteiger partial charge is 0.142 e. The molecule has 14 heavy (non-hydrogen) atoms. The summed E-state index contributed by atoms with van der Waals surface area (Å²) in [5, 5.41) is 1.34. The van der Waals surface area contributed by atoms with Crippen molar-refractivity contribution in [3.63, 3.8) is 0 Å². The molecule has 0 unspecified atom stereocenters. The molecule has 0 aromatic carbocycles. The lowest BCUT2D eigenvalue weighted by Crippen LogP contribution is -2.01. The number of nitrogens with zero attached hydrogens (tertiary/aromatic N) is 2. The summed E-state index contributed by atoms with van der Waals surface area (Å²) in [5.74, 6) is 0.701. The van der Waals surface area contributed by atoms with Crippen LogP contribution < -0.4 is 0 Å². The van der Waals surface area contributed by atoms with Gasteiger partial charge >= 0.3 is 0 Å². The van der Waals surface area contributed by atoms with Gasteiger partial charge in [0.15, 0.2) is 0 Å². The molecule has 4 nitrogen and oxygen atoms in total. The van der Waals surface area contributed by atoms with E-state index in [1.165, 1.54) is 0 Å². The van der Waals surface area contributed by atoms with Gasteiger partial charge in [-0.3, -0.25) is 0 Å². The third-order valence-corrected chi connectivity index (χ3v) is 2.23. The second-order valence-electron chi connectivity index (χ2n) is 2.91. The topological polar surface area (TPSA) is 50.8 Å². The maximum atomic E-state index is 5.97. The van der Waals surface area contributed by atoms with Crippen molar-refractivity contribution in [2.45, 2.75) is 6.42 Å². The molecule has 0 aliphatic carbocycles. The minimum Gasteiger partial charge on any atom is -0.384 e. The molecule has 0 fully saturated rings. The van der Waals surface area contributed by atoms with Crippen LogP contribution in [-0.2, 0) is 11.2 Å². The summed E-state index contributed by atoms with van der Waals surface area (Å²) in [7, 11) is 1.65. The molecule has 0 atom stereocenters. The molecule has 74 valence electrons. The van der Waals surface area contributed by atoms with Crippen molar-refractivity contribution in [1.29, 1.82) is 0 Å². The molecule has 0 saturated heterocycles. The van der Waals surface area contributed by atoms with Crippen LogP contribution in [0.25, 0.3) is 11.0 Å². The Hall–Kier alpha value is -1.13. The number of ether oxygens (including phenoxy) is 1. The molecule has 0 saturated carbocycles. The highest BCUT2D eigenvalue weighted by Crippen LogP contribution is 2.18. The van der Waals surface area contributed by atoms with Gasteiger partial charge in [-0.15, -0.1) is 0 Å². The molecule has 2 aromatic heterocycles. The lowest BCUT2D eigenvalue weighted by molar-refractivity contribution is 0.200. The zero-order chi connectivity index (χ0) is 9.97. The number of halogens is 1. The standard InChI is InChI=1S/C9H10ClN3O/c1-14-5-3-7-12-8(10)6-2-4-11-9(6)13-7/h2,4H,3,5H2,1H3,(H,11,12,13). The molecule has 0 amide bonds. The van der Waals surface area contributed by atoms with Crippen molar-refractivity contribution >= 4 is 22.6 Å². The summed E-state index contributed by atoms with van der Waals surface area (Å²) in [6.07, 6.45) is 2.47. The fraction of sp³-hybridized carbons (Fsp3) is 0.333. The van der Waals surface area contributed by atoms with Gasteiger partial charge in [-0.2, -0.15) is 0 Å². The fourth-order valence-electron chi connectivity index (χ4n) is 1.25. The Kier molecular flexibility index (Phi) is 2.65. The largest absolute Gasteiger partial charge is 0.384 e. The average molecular weight is 212 g/mol. The predicted molar refractivity (Wildman–Crippen MR) is 54.5 cm³/mol. The van der Waals surface area contributed by atoms with Crippen molar-refractivity contribution in [3.8, 4) is 0 Å². The molecule has 5 heteroatoms. The van der Waals surface area contributed by atoms with Crippen molar-refractivity contribution in [3.05, 3.63) is 23.2 Å². The van der Waals surface area contributed by atoms with Gasteiger partial charge in [-0.25, -0.2) is 9.97 Å². The number of rotatable bonds is 3. The van der Waals surface area contributed by atoms with Crippen LogP contribution in [0.15, 0.2) is 12.3 Å². The summed E-state index contributed by atoms with van der Waals surface area (Å²) in [6, 6.07) is 1.86. The molecule has 2 aromatic rings. The lowest BCUT2D eigenvalue weighted by Gasteiger charge is -2.00. The van der Waals surface area contributed by atoms with Crippen molar-refractivity contribution in [1.82, 2.24) is 15.0 Å². The van der Waals surface area contributed by atoms with Gasteiger partial charge in [-0.1, -0.05) is 11.6 Å². The number of fused-ring (bicyclic) bond motifs is 1. The fourth-order valence-corrected chi connectivity index (χ4v) is 1.50. The molecule has 0 bridgehead atoms. The van der Waals surface area contributed by atoms with Gasteiger partial charge < -0.3 is 9.72 Å². The lowest BCUT2D eigenvalue weighted by atomic mass is 10.4. The molecule has 2 rings (SSSR count). The van der Waals surface area contributed by atoms with Crippen LogP contribution in [0.3, 0.4) is 0 Å². The first kappa shape index (κ1) is 9.43. The molecule has 2 heterocycles. The van der Waals surface area contributed by atoms with Crippen molar-refractivity contribution < 1.29 is 4.74 Å². The molecule has 0 aliphatic heterocycles. The Morgan fingerprint density at radius 1 is 1.50 bits per heavy atom. The zero-order valence-electron chi connectivity index (χ0n) is 7.75. The first-order valence-electron chi connectivity index (χ1n) is 4.29. The normalized spacial score (nSPS) is 11.0. The highest BCUT2D eigenvalue weighted by atomic mass is 35.5. The molecule has 0 aliphatic rings. The van der Waals surface area contributed by atoms with Gasteiger partial charge in [0.2, 0.25) is 0 Å². The maximum absolute atomic E-state index is 5.97. The van der Waals surface area contributed by atoms with Gasteiger partial charge in [0, 0.05) is 19.7 Å². The quantitative estimate of drug-likeness (QED) is 0.788. The number of hydrogen-bond donors (Lipinski definition) is 1. The van der Waals surface area contributed by atoms with E-state index in [-0.39, 0.29) is 0 Å². The van der Waals surface area contributed by atoms with Crippen LogP contribution in [0.5, 0.6) is 0 Å². The van der Waals surface area contributed by atoms with Gasteiger partial charge in [0.25, 0.3) is 0 Å². The van der Waals surface area contributed by atoms with Crippen molar-refractivity contribution in [2.24, 2.45) is 0 Å². The number of nitrogens with one attached hydrogen (secondary N) is 1. The number of aromatic nitrogens is 3. The van der Waals surface area contributed by atoms with Crippen molar-refractivity contribution in [2.75, 3.05) is 13.7 Å². The van der Waals surface area contributed by atoms with E-state index < -0.39 is 0 Å². The van der Waals surface area contributed by atoms with Crippen LogP contribution in [0, 0.1) is 0 Å². The van der Waals surface area contributed by atoms with Crippen LogP contribution >= 0.6 is 11.6 Å². The highest BCUT2D eigenvalue weighted by molar-refractivity contribution is 6.33. The van der Waals surface area contributed by atoms with Crippen LogP contribution in [-0.4, -0.2) is 28.7 Å². The van der Waals surface area contributed by atoms with E-state index in [4.69, 9.17) is 16.3 Å². The second-order valence-corrected chi connectivity index (χ2v) is 3.27. The van der Waals surface area contributed by atoms with Gasteiger partial charge in [0.05, 0.1) is 12.0 Å². The van der Waals surface area contributed by atoms with Crippen LogP contribution in [0.4, 0.5) is 0 Å². The Labute approximate surface area is 86.3 Å². The Bertz CT molecular complexity index is 441. The van der Waals surface area contributed by atoms with E-state index >= 15 is 0 Å². The third kappa shape index (κ3) is 1.71. The van der Waals surface area contributed by atoms with Crippen LogP contribution in [0.2, 0.25) is 5.15 Å². The van der Waals surface area contributed by atoms with E-state index in [0.29, 0.717) is 24.0 Å². The van der Waals surface area contributed by atoms with E-state index in [1.54, 1.807) is 13.3 Å². The van der Waals surface area contributed by atoms with E-state index in [1.807, 2.05) is 6.07 Å². The zero-order valence-corrected chi connectivity index (χ0v) is 8.51. The summed E-state index contributed by atoms with van der Waals surface area (Å²) in [4.78, 5) is 11.5. The third-order valence-electron chi connectivity index (χ3n) is 1.95. The number of hydrogen-bond acceptors (Lipinski definition) is 3. The first-order chi connectivity index (χ1) is 6.81. The summed E-state index contributed by atoms with van der Waals surface area (Å²) in [5.41, 5.74) is 0.774. The highest BCUT2D eigenvalue weighted by Gasteiger charge is 2.05. The van der Waals surface area contributed by atoms with Crippen LogP contribution in [0.1, 0.15) is 5.82 Å². The van der Waals surface area contributed by atoms with E-state index in [9.17, 15) is 0 Å². The number of methoxy groups -OCH3 is 1. The average Bonchev–Trinajstić information content (AvgIpc) is 2.63. The summed E-state index contributed by atoms with van der Waals surface area (Å²) in [6.45, 7) is 0.600. The Morgan fingerprint density at radius 2 is 2.36 bits per heavy atom.